The molecule has 122 valence electrons. The highest BCUT2D eigenvalue weighted by molar-refractivity contribution is 5.94. The van der Waals surface area contributed by atoms with Gasteiger partial charge >= 0.3 is 0 Å². The van der Waals surface area contributed by atoms with Gasteiger partial charge in [-0.1, -0.05) is 0 Å². The summed E-state index contributed by atoms with van der Waals surface area (Å²) in [5.74, 6) is -7.95. The summed E-state index contributed by atoms with van der Waals surface area (Å²) in [7, 11) is 0. The van der Waals surface area contributed by atoms with Crippen LogP contribution >= 0.6 is 0 Å². The molecule has 0 spiro atoms. The number of hydrogen-bond acceptors (Lipinski definition) is 2. The maximum Gasteiger partial charge on any atom is 0.265 e. The molecule has 0 radical (unpaired) electrons. The van der Waals surface area contributed by atoms with Gasteiger partial charge in [-0.3, -0.25) is 4.79 Å². The van der Waals surface area contributed by atoms with Crippen LogP contribution in [0.1, 0.15) is 6.92 Å². The maximum absolute atomic E-state index is 13.4. The summed E-state index contributed by atoms with van der Waals surface area (Å²) in [6.07, 6.45) is -1.23. The highest BCUT2D eigenvalue weighted by atomic mass is 19.2. The van der Waals surface area contributed by atoms with Crippen molar-refractivity contribution in [3.63, 3.8) is 0 Å². The SMILES string of the molecule is C[C@H](Oc1ccc(F)c(F)c1)C(=O)Nc1ccc(F)c(F)c1F. The second-order valence-corrected chi connectivity index (χ2v) is 4.55. The van der Waals surface area contributed by atoms with Crippen LogP contribution in [0.3, 0.4) is 0 Å². The van der Waals surface area contributed by atoms with E-state index < -0.39 is 46.8 Å². The molecule has 0 aliphatic carbocycles. The summed E-state index contributed by atoms with van der Waals surface area (Å²) < 4.78 is 70.2. The fourth-order valence-electron chi connectivity index (χ4n) is 1.66. The molecule has 0 fully saturated rings. The van der Waals surface area contributed by atoms with E-state index >= 15 is 0 Å². The van der Waals surface area contributed by atoms with Gasteiger partial charge in [-0.15, -0.1) is 0 Å². The van der Waals surface area contributed by atoms with E-state index in [-0.39, 0.29) is 5.75 Å². The summed E-state index contributed by atoms with van der Waals surface area (Å²) in [5, 5.41) is 2.01. The summed E-state index contributed by atoms with van der Waals surface area (Å²) in [5.41, 5.74) is -0.574. The zero-order valence-corrected chi connectivity index (χ0v) is 11.7. The van der Waals surface area contributed by atoms with Crippen LogP contribution in [0.25, 0.3) is 0 Å². The maximum atomic E-state index is 13.4. The molecule has 0 aromatic heterocycles. The van der Waals surface area contributed by atoms with E-state index in [0.717, 1.165) is 24.3 Å². The molecule has 1 N–H and O–H groups in total. The number of hydrogen-bond donors (Lipinski definition) is 1. The van der Waals surface area contributed by atoms with Gasteiger partial charge in [0.1, 0.15) is 5.75 Å². The lowest BCUT2D eigenvalue weighted by Gasteiger charge is -2.15. The Labute approximate surface area is 127 Å². The Morgan fingerprint density at radius 1 is 0.957 bits per heavy atom. The first-order valence-corrected chi connectivity index (χ1v) is 6.35. The molecule has 0 aliphatic rings. The fraction of sp³-hybridized carbons (Fsp3) is 0.133. The van der Waals surface area contributed by atoms with Crippen LogP contribution in [0, 0.1) is 29.1 Å². The van der Waals surface area contributed by atoms with Gasteiger partial charge in [0.2, 0.25) is 0 Å². The van der Waals surface area contributed by atoms with Crippen LogP contribution in [0.2, 0.25) is 0 Å². The summed E-state index contributed by atoms with van der Waals surface area (Å²) >= 11 is 0. The van der Waals surface area contributed by atoms with E-state index in [1.54, 1.807) is 0 Å². The van der Waals surface area contributed by atoms with Crippen molar-refractivity contribution in [2.45, 2.75) is 13.0 Å². The third kappa shape index (κ3) is 3.77. The number of carbonyl (C=O) groups excluding carboxylic acids is 1. The first-order chi connectivity index (χ1) is 10.8. The van der Waals surface area contributed by atoms with Crippen LogP contribution in [0.4, 0.5) is 27.6 Å². The van der Waals surface area contributed by atoms with Crippen molar-refractivity contribution in [3.8, 4) is 5.75 Å². The second kappa shape index (κ2) is 6.64. The molecule has 0 saturated carbocycles. The van der Waals surface area contributed by atoms with Gasteiger partial charge in [0.25, 0.3) is 5.91 Å². The summed E-state index contributed by atoms with van der Waals surface area (Å²) in [6, 6.07) is 4.13. The van der Waals surface area contributed by atoms with E-state index in [2.05, 4.69) is 0 Å². The molecule has 8 heteroatoms. The van der Waals surface area contributed by atoms with Crippen LogP contribution in [-0.4, -0.2) is 12.0 Å². The zero-order valence-electron chi connectivity index (χ0n) is 11.7. The second-order valence-electron chi connectivity index (χ2n) is 4.55. The largest absolute Gasteiger partial charge is 0.481 e. The molecule has 2 rings (SSSR count). The molecule has 1 atom stereocenters. The molecule has 23 heavy (non-hydrogen) atoms. The van der Waals surface area contributed by atoms with Crippen molar-refractivity contribution in [3.05, 3.63) is 59.4 Å². The van der Waals surface area contributed by atoms with Crippen molar-refractivity contribution in [2.24, 2.45) is 0 Å². The normalized spacial score (nSPS) is 11.9. The summed E-state index contributed by atoms with van der Waals surface area (Å²) in [6.45, 7) is 1.26. The predicted octanol–water partition coefficient (Wildman–Crippen LogP) is 3.79. The van der Waals surface area contributed by atoms with E-state index in [4.69, 9.17) is 4.74 Å². The molecule has 1 amide bonds. The average molecular weight is 331 g/mol. The van der Waals surface area contributed by atoms with Crippen LogP contribution < -0.4 is 10.1 Å². The smallest absolute Gasteiger partial charge is 0.265 e. The highest BCUT2D eigenvalue weighted by Gasteiger charge is 2.20. The number of halogens is 5. The van der Waals surface area contributed by atoms with Crippen LogP contribution in [0.5, 0.6) is 5.75 Å². The Morgan fingerprint density at radius 3 is 2.26 bits per heavy atom. The Balaban J connectivity index is 2.08. The molecule has 2 aromatic carbocycles. The molecule has 0 saturated heterocycles. The molecular weight excluding hydrogens is 321 g/mol. The van der Waals surface area contributed by atoms with Gasteiger partial charge in [-0.05, 0) is 31.2 Å². The van der Waals surface area contributed by atoms with Crippen LogP contribution in [0.15, 0.2) is 30.3 Å². The Hall–Kier alpha value is -2.64. The molecular formula is C15H10F5NO2. The van der Waals surface area contributed by atoms with Gasteiger partial charge in [-0.2, -0.15) is 0 Å². The van der Waals surface area contributed by atoms with Gasteiger partial charge in [0.05, 0.1) is 5.69 Å². The van der Waals surface area contributed by atoms with E-state index in [1.165, 1.54) is 6.92 Å². The lowest BCUT2D eigenvalue weighted by molar-refractivity contribution is -0.122. The van der Waals surface area contributed by atoms with E-state index in [9.17, 15) is 26.7 Å². The molecule has 2 aromatic rings. The van der Waals surface area contributed by atoms with Crippen molar-refractivity contribution in [2.75, 3.05) is 5.32 Å². The molecule has 0 heterocycles. The first-order valence-electron chi connectivity index (χ1n) is 6.35. The van der Waals surface area contributed by atoms with Crippen molar-refractivity contribution in [1.29, 1.82) is 0 Å². The zero-order chi connectivity index (χ0) is 17.1. The molecule has 0 unspecified atom stereocenters. The monoisotopic (exact) mass is 331 g/mol. The number of amides is 1. The van der Waals surface area contributed by atoms with Crippen molar-refractivity contribution < 1.29 is 31.5 Å². The predicted molar refractivity (Wildman–Crippen MR) is 71.4 cm³/mol. The lowest BCUT2D eigenvalue weighted by atomic mass is 10.2. The number of anilines is 1. The molecule has 0 bridgehead atoms. The molecule has 3 nitrogen and oxygen atoms in total. The number of carbonyl (C=O) groups is 1. The Morgan fingerprint density at radius 2 is 1.61 bits per heavy atom. The quantitative estimate of drug-likeness (QED) is 0.684. The minimum atomic E-state index is -1.73. The highest BCUT2D eigenvalue weighted by Crippen LogP contribution is 2.21. The minimum absolute atomic E-state index is 0.127. The third-order valence-electron chi connectivity index (χ3n) is 2.87. The summed E-state index contributed by atoms with van der Waals surface area (Å²) in [4.78, 5) is 11.8. The van der Waals surface area contributed by atoms with Crippen LogP contribution in [-0.2, 0) is 4.79 Å². The minimum Gasteiger partial charge on any atom is -0.481 e. The standard InChI is InChI=1S/C15H10F5NO2/c1-7(23-8-2-3-9(16)11(18)6-8)15(22)21-12-5-4-10(17)13(19)14(12)20/h2-7H,1H3,(H,21,22)/t7-/m0/s1. The van der Waals surface area contributed by atoms with Gasteiger partial charge in [-0.25, -0.2) is 22.0 Å². The van der Waals surface area contributed by atoms with E-state index in [1.807, 2.05) is 5.32 Å². The Kier molecular flexibility index (Phi) is 4.83. The molecule has 0 aliphatic heterocycles. The number of benzene rings is 2. The van der Waals surface area contributed by atoms with E-state index in [0.29, 0.717) is 6.07 Å². The Bertz CT molecular complexity index is 751. The van der Waals surface area contributed by atoms with Gasteiger partial charge in [0, 0.05) is 6.07 Å². The van der Waals surface area contributed by atoms with Gasteiger partial charge < -0.3 is 10.1 Å². The fourth-order valence-corrected chi connectivity index (χ4v) is 1.66. The lowest BCUT2D eigenvalue weighted by Crippen LogP contribution is -2.30. The van der Waals surface area contributed by atoms with Crippen molar-refractivity contribution >= 4 is 11.6 Å². The number of rotatable bonds is 4. The van der Waals surface area contributed by atoms with Gasteiger partial charge in [0.15, 0.2) is 35.2 Å². The number of ether oxygens (including phenoxy) is 1. The van der Waals surface area contributed by atoms with Crippen molar-refractivity contribution in [1.82, 2.24) is 0 Å². The third-order valence-corrected chi connectivity index (χ3v) is 2.87. The average Bonchev–Trinajstić information content (AvgIpc) is 2.51. The topological polar surface area (TPSA) is 38.3 Å². The first kappa shape index (κ1) is 16.7. The number of nitrogens with one attached hydrogen (secondary N) is 1.